The zero-order valence-electron chi connectivity index (χ0n) is 9.99. The van der Waals surface area contributed by atoms with E-state index in [9.17, 15) is 4.39 Å². The fourth-order valence-electron chi connectivity index (χ4n) is 1.94. The Morgan fingerprint density at radius 2 is 1.95 bits per heavy atom. The molecule has 96 valence electrons. The Labute approximate surface area is 118 Å². The van der Waals surface area contributed by atoms with Crippen molar-refractivity contribution in [2.75, 3.05) is 5.32 Å². The number of nitrogens with one attached hydrogen (secondary N) is 1. The lowest BCUT2D eigenvalue weighted by Gasteiger charge is -2.06. The molecule has 0 fully saturated rings. The second-order valence-electron chi connectivity index (χ2n) is 4.23. The second-order valence-corrected chi connectivity index (χ2v) is 5.08. The molecule has 0 amide bonds. The SMILES string of the molecule is Fc1ccc(NCc2cc3ccccc3o2)c(Br)c1. The summed E-state index contributed by atoms with van der Waals surface area (Å²) in [5.41, 5.74) is 1.71. The predicted octanol–water partition coefficient (Wildman–Crippen LogP) is 4.95. The van der Waals surface area contributed by atoms with Crippen molar-refractivity contribution in [3.63, 3.8) is 0 Å². The van der Waals surface area contributed by atoms with Gasteiger partial charge in [0.15, 0.2) is 0 Å². The molecular formula is C15H11BrFNO. The minimum absolute atomic E-state index is 0.263. The molecule has 2 aromatic carbocycles. The zero-order valence-corrected chi connectivity index (χ0v) is 11.6. The first-order chi connectivity index (χ1) is 9.22. The number of halogens is 2. The van der Waals surface area contributed by atoms with E-state index >= 15 is 0 Å². The first kappa shape index (κ1) is 12.2. The lowest BCUT2D eigenvalue weighted by atomic mass is 10.2. The van der Waals surface area contributed by atoms with Gasteiger partial charge < -0.3 is 9.73 Å². The van der Waals surface area contributed by atoms with Crippen molar-refractivity contribution >= 4 is 32.6 Å². The molecule has 1 N–H and O–H groups in total. The van der Waals surface area contributed by atoms with Gasteiger partial charge in [0.2, 0.25) is 0 Å². The Balaban J connectivity index is 1.78. The van der Waals surface area contributed by atoms with Gasteiger partial charge in [0, 0.05) is 15.5 Å². The van der Waals surface area contributed by atoms with Gasteiger partial charge in [-0.15, -0.1) is 0 Å². The highest BCUT2D eigenvalue weighted by atomic mass is 79.9. The average molecular weight is 320 g/mol. The molecular weight excluding hydrogens is 309 g/mol. The molecule has 0 saturated heterocycles. The molecule has 0 aliphatic heterocycles. The maximum Gasteiger partial charge on any atom is 0.134 e. The topological polar surface area (TPSA) is 25.2 Å². The number of anilines is 1. The molecule has 0 saturated carbocycles. The highest BCUT2D eigenvalue weighted by Gasteiger charge is 2.05. The molecule has 1 aromatic heterocycles. The summed E-state index contributed by atoms with van der Waals surface area (Å²) in [5, 5.41) is 4.29. The van der Waals surface area contributed by atoms with Gasteiger partial charge in [-0.1, -0.05) is 18.2 Å². The van der Waals surface area contributed by atoms with Crippen LogP contribution in [0.2, 0.25) is 0 Å². The summed E-state index contributed by atoms with van der Waals surface area (Å²) in [4.78, 5) is 0. The quantitative estimate of drug-likeness (QED) is 0.739. The van der Waals surface area contributed by atoms with E-state index in [2.05, 4.69) is 21.2 Å². The van der Waals surface area contributed by atoms with Gasteiger partial charge in [0.1, 0.15) is 17.2 Å². The van der Waals surface area contributed by atoms with E-state index in [1.165, 1.54) is 12.1 Å². The highest BCUT2D eigenvalue weighted by Crippen LogP contribution is 2.25. The fourth-order valence-corrected chi connectivity index (χ4v) is 2.43. The van der Waals surface area contributed by atoms with Crippen LogP contribution in [-0.2, 0) is 6.54 Å². The van der Waals surface area contributed by atoms with Crippen molar-refractivity contribution in [1.29, 1.82) is 0 Å². The van der Waals surface area contributed by atoms with Crippen molar-refractivity contribution in [1.82, 2.24) is 0 Å². The third kappa shape index (κ3) is 2.63. The number of para-hydroxylation sites is 1. The highest BCUT2D eigenvalue weighted by molar-refractivity contribution is 9.10. The van der Waals surface area contributed by atoms with E-state index in [1.807, 2.05) is 30.3 Å². The van der Waals surface area contributed by atoms with Gasteiger partial charge >= 0.3 is 0 Å². The minimum Gasteiger partial charge on any atom is -0.459 e. The number of furan rings is 1. The summed E-state index contributed by atoms with van der Waals surface area (Å²) < 4.78 is 19.4. The molecule has 0 atom stereocenters. The van der Waals surface area contributed by atoms with Gasteiger partial charge in [-0.25, -0.2) is 4.39 Å². The van der Waals surface area contributed by atoms with Crippen molar-refractivity contribution in [3.8, 4) is 0 Å². The van der Waals surface area contributed by atoms with Crippen LogP contribution in [0.5, 0.6) is 0 Å². The van der Waals surface area contributed by atoms with E-state index in [1.54, 1.807) is 6.07 Å². The Morgan fingerprint density at radius 3 is 2.74 bits per heavy atom. The Kier molecular flexibility index (Phi) is 3.25. The summed E-state index contributed by atoms with van der Waals surface area (Å²) in [5.74, 6) is 0.582. The van der Waals surface area contributed by atoms with E-state index in [0.29, 0.717) is 11.0 Å². The first-order valence-electron chi connectivity index (χ1n) is 5.89. The average Bonchev–Trinajstić information content (AvgIpc) is 2.80. The van der Waals surface area contributed by atoms with Crippen LogP contribution in [0.25, 0.3) is 11.0 Å². The smallest absolute Gasteiger partial charge is 0.134 e. The van der Waals surface area contributed by atoms with Crippen LogP contribution < -0.4 is 5.32 Å². The Hall–Kier alpha value is -1.81. The zero-order chi connectivity index (χ0) is 13.2. The third-order valence-corrected chi connectivity index (χ3v) is 3.52. The molecule has 0 aliphatic rings. The normalized spacial score (nSPS) is 10.8. The van der Waals surface area contributed by atoms with Crippen LogP contribution in [0, 0.1) is 5.82 Å². The van der Waals surface area contributed by atoms with E-state index in [4.69, 9.17) is 4.42 Å². The molecule has 3 rings (SSSR count). The van der Waals surface area contributed by atoms with Crippen LogP contribution in [0.1, 0.15) is 5.76 Å². The predicted molar refractivity (Wildman–Crippen MR) is 77.6 cm³/mol. The summed E-state index contributed by atoms with van der Waals surface area (Å²) >= 11 is 3.32. The molecule has 0 bridgehead atoms. The molecule has 4 heteroatoms. The summed E-state index contributed by atoms with van der Waals surface area (Å²) in [6, 6.07) is 14.4. The second kappa shape index (κ2) is 5.05. The van der Waals surface area contributed by atoms with Crippen LogP contribution >= 0.6 is 15.9 Å². The number of rotatable bonds is 3. The summed E-state index contributed by atoms with van der Waals surface area (Å²) in [7, 11) is 0. The third-order valence-electron chi connectivity index (χ3n) is 2.86. The molecule has 19 heavy (non-hydrogen) atoms. The molecule has 3 aromatic rings. The largest absolute Gasteiger partial charge is 0.459 e. The van der Waals surface area contributed by atoms with Crippen molar-refractivity contribution < 1.29 is 8.81 Å². The van der Waals surface area contributed by atoms with Gasteiger partial charge in [-0.05, 0) is 46.3 Å². The van der Waals surface area contributed by atoms with E-state index < -0.39 is 0 Å². The number of hydrogen-bond acceptors (Lipinski definition) is 2. The van der Waals surface area contributed by atoms with Gasteiger partial charge in [-0.3, -0.25) is 0 Å². The van der Waals surface area contributed by atoms with Crippen LogP contribution in [0.4, 0.5) is 10.1 Å². The molecule has 0 aliphatic carbocycles. The lowest BCUT2D eigenvalue weighted by molar-refractivity contribution is 0.559. The van der Waals surface area contributed by atoms with Crippen LogP contribution in [-0.4, -0.2) is 0 Å². The van der Waals surface area contributed by atoms with Crippen molar-refractivity contribution in [2.24, 2.45) is 0 Å². The molecule has 0 unspecified atom stereocenters. The summed E-state index contributed by atoms with van der Waals surface area (Å²) in [6.45, 7) is 0.554. The molecule has 1 heterocycles. The number of fused-ring (bicyclic) bond motifs is 1. The monoisotopic (exact) mass is 319 g/mol. The molecule has 0 spiro atoms. The maximum atomic E-state index is 13.0. The van der Waals surface area contributed by atoms with Gasteiger partial charge in [0.25, 0.3) is 0 Å². The van der Waals surface area contributed by atoms with E-state index in [-0.39, 0.29) is 5.82 Å². The molecule has 0 radical (unpaired) electrons. The Bertz CT molecular complexity index is 690. The fraction of sp³-hybridized carbons (Fsp3) is 0.0667. The van der Waals surface area contributed by atoms with Crippen molar-refractivity contribution in [2.45, 2.75) is 6.54 Å². The maximum absolute atomic E-state index is 13.0. The standard InChI is InChI=1S/C15H11BrFNO/c16-13-8-11(17)5-6-14(13)18-9-12-7-10-3-1-2-4-15(10)19-12/h1-8,18H,9H2. The van der Waals surface area contributed by atoms with E-state index in [0.717, 1.165) is 22.4 Å². The number of benzene rings is 2. The van der Waals surface area contributed by atoms with Gasteiger partial charge in [0.05, 0.1) is 6.54 Å². The first-order valence-corrected chi connectivity index (χ1v) is 6.68. The number of hydrogen-bond donors (Lipinski definition) is 1. The van der Waals surface area contributed by atoms with Crippen LogP contribution in [0.3, 0.4) is 0 Å². The van der Waals surface area contributed by atoms with Crippen LogP contribution in [0.15, 0.2) is 57.4 Å². The molecule has 2 nitrogen and oxygen atoms in total. The van der Waals surface area contributed by atoms with Gasteiger partial charge in [-0.2, -0.15) is 0 Å². The summed E-state index contributed by atoms with van der Waals surface area (Å²) in [6.07, 6.45) is 0. The minimum atomic E-state index is -0.263. The Morgan fingerprint density at radius 1 is 1.11 bits per heavy atom. The lowest BCUT2D eigenvalue weighted by Crippen LogP contribution is -1.98. The van der Waals surface area contributed by atoms with Crippen molar-refractivity contribution in [3.05, 3.63) is 64.6 Å².